The highest BCUT2D eigenvalue weighted by atomic mass is 32.1. The molecule has 0 aliphatic carbocycles. The van der Waals surface area contributed by atoms with Crippen molar-refractivity contribution in [3.8, 4) is 5.75 Å². The lowest BCUT2D eigenvalue weighted by Gasteiger charge is -2.09. The van der Waals surface area contributed by atoms with E-state index < -0.39 is 11.6 Å². The van der Waals surface area contributed by atoms with Gasteiger partial charge in [-0.2, -0.15) is 0 Å². The van der Waals surface area contributed by atoms with E-state index in [1.165, 1.54) is 20.3 Å². The first-order valence-corrected chi connectivity index (χ1v) is 10.3. The molecule has 0 bridgehead atoms. The normalized spacial score (nSPS) is 11.5. The summed E-state index contributed by atoms with van der Waals surface area (Å²) in [6.45, 7) is 4.11. The smallest absolute Gasteiger partial charge is 0.352 e. The van der Waals surface area contributed by atoms with Gasteiger partial charge in [0.05, 0.1) is 12.6 Å². The predicted octanol–water partition coefficient (Wildman–Crippen LogP) is 2.18. The Balaban J connectivity index is 1.75. The fraction of sp³-hybridized carbons (Fsp3) is 0.300. The van der Waals surface area contributed by atoms with Crippen molar-refractivity contribution < 1.29 is 9.53 Å². The van der Waals surface area contributed by atoms with Crippen LogP contribution in [0.3, 0.4) is 0 Å². The topological polar surface area (TPSA) is 99.6 Å². The first-order chi connectivity index (χ1) is 14.4. The molecule has 3 aromatic heterocycles. The number of hydrogen-bond donors (Lipinski definition) is 1. The first kappa shape index (κ1) is 19.9. The summed E-state index contributed by atoms with van der Waals surface area (Å²) in [6, 6.07) is 8.64. The van der Waals surface area contributed by atoms with Crippen LogP contribution in [0.2, 0.25) is 0 Å². The van der Waals surface area contributed by atoms with Gasteiger partial charge in [-0.25, -0.2) is 13.9 Å². The number of amides is 1. The average Bonchev–Trinajstić information content (AvgIpc) is 3.30. The Morgan fingerprint density at radius 2 is 2.07 bits per heavy atom. The van der Waals surface area contributed by atoms with Gasteiger partial charge in [0, 0.05) is 18.3 Å². The summed E-state index contributed by atoms with van der Waals surface area (Å²) >= 11 is 1.29. The summed E-state index contributed by atoms with van der Waals surface area (Å²) < 4.78 is 9.62. The van der Waals surface area contributed by atoms with E-state index in [2.05, 4.69) is 10.4 Å². The van der Waals surface area contributed by atoms with E-state index in [0.29, 0.717) is 28.2 Å². The summed E-state index contributed by atoms with van der Waals surface area (Å²) in [7, 11) is 1.54. The van der Waals surface area contributed by atoms with Gasteiger partial charge in [0.1, 0.15) is 17.0 Å². The Morgan fingerprint density at radius 3 is 2.80 bits per heavy atom. The molecular formula is C20H21N5O4S. The second kappa shape index (κ2) is 7.79. The number of thiophene rings is 1. The van der Waals surface area contributed by atoms with Crippen LogP contribution in [0, 0.1) is 5.92 Å². The molecule has 0 aliphatic heterocycles. The quantitative estimate of drug-likeness (QED) is 0.508. The zero-order valence-electron chi connectivity index (χ0n) is 16.8. The molecule has 0 saturated carbocycles. The van der Waals surface area contributed by atoms with Gasteiger partial charge in [-0.15, -0.1) is 16.4 Å². The molecule has 10 heteroatoms. The number of anilines is 1. The number of fused-ring (bicyclic) bond motifs is 3. The first-order valence-electron chi connectivity index (χ1n) is 9.42. The maximum Gasteiger partial charge on any atom is 0.352 e. The fourth-order valence-corrected chi connectivity index (χ4v) is 4.13. The standard InChI is InChI=1S/C20H21N5O4S/c1-12(2)10-23-18(27)17-15(7-8-30-17)25-19(23)22-24(20(25)28)11-16(26)21-13-5-4-6-14(9-13)29-3/h4-9,12H,10-11H2,1-3H3,(H,21,26). The average molecular weight is 427 g/mol. The van der Waals surface area contributed by atoms with Crippen molar-refractivity contribution in [3.05, 3.63) is 56.5 Å². The Bertz CT molecular complexity index is 1360. The highest BCUT2D eigenvalue weighted by Gasteiger charge is 2.20. The molecule has 0 aliphatic rings. The number of carbonyl (C=O) groups is 1. The third-order valence-corrected chi connectivity index (χ3v) is 5.47. The molecule has 1 amide bonds. The number of rotatable bonds is 6. The molecular weight excluding hydrogens is 406 g/mol. The summed E-state index contributed by atoms with van der Waals surface area (Å²) in [6.07, 6.45) is 0. The van der Waals surface area contributed by atoms with Crippen LogP contribution < -0.4 is 21.3 Å². The van der Waals surface area contributed by atoms with Gasteiger partial charge >= 0.3 is 5.69 Å². The molecule has 0 atom stereocenters. The third-order valence-electron chi connectivity index (χ3n) is 4.58. The predicted molar refractivity (Wildman–Crippen MR) is 116 cm³/mol. The monoisotopic (exact) mass is 427 g/mol. The van der Waals surface area contributed by atoms with Gasteiger partial charge in [0.15, 0.2) is 0 Å². The number of ether oxygens (including phenoxy) is 1. The van der Waals surface area contributed by atoms with Crippen molar-refractivity contribution in [2.45, 2.75) is 26.9 Å². The maximum absolute atomic E-state index is 13.0. The zero-order chi connectivity index (χ0) is 21.4. The number of methoxy groups -OCH3 is 1. The maximum atomic E-state index is 13.0. The number of hydrogen-bond acceptors (Lipinski definition) is 6. The molecule has 1 N–H and O–H groups in total. The molecule has 4 aromatic rings. The Morgan fingerprint density at radius 1 is 1.27 bits per heavy atom. The van der Waals surface area contributed by atoms with Crippen molar-refractivity contribution in [3.63, 3.8) is 0 Å². The van der Waals surface area contributed by atoms with Gasteiger partial charge in [-0.3, -0.25) is 14.2 Å². The van der Waals surface area contributed by atoms with Crippen molar-refractivity contribution in [2.75, 3.05) is 12.4 Å². The van der Waals surface area contributed by atoms with E-state index in [-0.39, 0.29) is 23.8 Å². The number of aromatic nitrogens is 4. The lowest BCUT2D eigenvalue weighted by Crippen LogP contribution is -2.29. The van der Waals surface area contributed by atoms with Crippen LogP contribution in [0.4, 0.5) is 5.69 Å². The third kappa shape index (κ3) is 3.50. The van der Waals surface area contributed by atoms with Crippen LogP contribution in [0.5, 0.6) is 5.75 Å². The second-order valence-electron chi connectivity index (χ2n) is 7.30. The number of benzene rings is 1. The number of nitrogens with zero attached hydrogens (tertiary/aromatic N) is 4. The van der Waals surface area contributed by atoms with Crippen molar-refractivity contribution in [2.24, 2.45) is 5.92 Å². The minimum Gasteiger partial charge on any atom is -0.497 e. The Hall–Kier alpha value is -3.40. The second-order valence-corrected chi connectivity index (χ2v) is 8.22. The van der Waals surface area contributed by atoms with Crippen LogP contribution in [0.1, 0.15) is 13.8 Å². The molecule has 30 heavy (non-hydrogen) atoms. The van der Waals surface area contributed by atoms with Gasteiger partial charge in [0.25, 0.3) is 5.56 Å². The molecule has 156 valence electrons. The van der Waals surface area contributed by atoms with E-state index >= 15 is 0 Å². The van der Waals surface area contributed by atoms with Crippen molar-refractivity contribution in [1.29, 1.82) is 0 Å². The van der Waals surface area contributed by atoms with Crippen LogP contribution >= 0.6 is 11.3 Å². The SMILES string of the molecule is COc1cccc(NC(=O)Cn2nc3n(CC(C)C)c(=O)c4sccc4n3c2=O)c1. The molecule has 0 spiro atoms. The largest absolute Gasteiger partial charge is 0.497 e. The molecule has 0 saturated heterocycles. The van der Waals surface area contributed by atoms with Crippen LogP contribution in [-0.2, 0) is 17.9 Å². The summed E-state index contributed by atoms with van der Waals surface area (Å²) in [5, 5.41) is 8.82. The summed E-state index contributed by atoms with van der Waals surface area (Å²) in [4.78, 5) is 38.5. The Labute approximate surface area is 175 Å². The highest BCUT2D eigenvalue weighted by molar-refractivity contribution is 7.17. The molecule has 1 aromatic carbocycles. The molecule has 0 unspecified atom stereocenters. The van der Waals surface area contributed by atoms with Crippen molar-refractivity contribution >= 4 is 38.9 Å². The van der Waals surface area contributed by atoms with Gasteiger partial charge < -0.3 is 10.1 Å². The summed E-state index contributed by atoms with van der Waals surface area (Å²) in [5.41, 5.74) is 0.406. The van der Waals surface area contributed by atoms with Gasteiger partial charge in [0.2, 0.25) is 11.7 Å². The minimum absolute atomic E-state index is 0.181. The molecule has 9 nitrogen and oxygen atoms in total. The van der Waals surface area contributed by atoms with E-state index in [9.17, 15) is 14.4 Å². The van der Waals surface area contributed by atoms with Crippen molar-refractivity contribution in [1.82, 2.24) is 18.7 Å². The molecule has 0 fully saturated rings. The molecule has 3 heterocycles. The van der Waals surface area contributed by atoms with E-state index in [1.54, 1.807) is 42.8 Å². The highest BCUT2D eigenvalue weighted by Crippen LogP contribution is 2.18. The van der Waals surface area contributed by atoms with Crippen LogP contribution in [-0.4, -0.2) is 31.8 Å². The van der Waals surface area contributed by atoms with E-state index in [1.807, 2.05) is 13.8 Å². The van der Waals surface area contributed by atoms with Crippen LogP contribution in [0.15, 0.2) is 45.3 Å². The molecule has 0 radical (unpaired) electrons. The van der Waals surface area contributed by atoms with Gasteiger partial charge in [-0.05, 0) is 29.5 Å². The number of nitrogens with one attached hydrogen (secondary N) is 1. The van der Waals surface area contributed by atoms with E-state index in [0.717, 1.165) is 4.68 Å². The van der Waals surface area contributed by atoms with Crippen LogP contribution in [0.25, 0.3) is 16.0 Å². The lowest BCUT2D eigenvalue weighted by molar-refractivity contribution is -0.117. The number of carbonyl (C=O) groups excluding carboxylic acids is 1. The summed E-state index contributed by atoms with van der Waals surface area (Å²) in [5.74, 6) is 0.614. The Kier molecular flexibility index (Phi) is 5.17. The minimum atomic E-state index is -0.466. The fourth-order valence-electron chi connectivity index (χ4n) is 3.30. The zero-order valence-corrected chi connectivity index (χ0v) is 17.6. The lowest BCUT2D eigenvalue weighted by atomic mass is 10.2. The van der Waals surface area contributed by atoms with Gasteiger partial charge in [-0.1, -0.05) is 19.9 Å². The molecule has 4 rings (SSSR count). The van der Waals surface area contributed by atoms with E-state index in [4.69, 9.17) is 4.74 Å².